The molecule has 1 aliphatic heterocycles. The van der Waals surface area contributed by atoms with Crippen molar-refractivity contribution in [1.29, 1.82) is 0 Å². The minimum atomic E-state index is -0.577. The van der Waals surface area contributed by atoms with Gasteiger partial charge in [-0.3, -0.25) is 9.69 Å². The van der Waals surface area contributed by atoms with Crippen LogP contribution in [-0.4, -0.2) is 51.9 Å². The van der Waals surface area contributed by atoms with Gasteiger partial charge in [-0.2, -0.15) is 0 Å². The van der Waals surface area contributed by atoms with Gasteiger partial charge < -0.3 is 9.88 Å². The topological polar surface area (TPSA) is 52.2 Å². The lowest BCUT2D eigenvalue weighted by Gasteiger charge is -2.34. The predicted octanol–water partition coefficient (Wildman–Crippen LogP) is 3.31. The second kappa shape index (κ2) is 7.05. The third kappa shape index (κ3) is 3.30. The van der Waals surface area contributed by atoms with Gasteiger partial charge in [-0.15, -0.1) is 0 Å². The van der Waals surface area contributed by atoms with Gasteiger partial charge in [0.15, 0.2) is 0 Å². The summed E-state index contributed by atoms with van der Waals surface area (Å²) < 4.78 is 14.0. The maximum Gasteiger partial charge on any atom is 0.258 e. The summed E-state index contributed by atoms with van der Waals surface area (Å²) in [4.78, 5) is 24.4. The summed E-state index contributed by atoms with van der Waals surface area (Å²) in [6.45, 7) is 3.16. The number of nitrogens with one attached hydrogen (secondary N) is 1. The Bertz CT molecular complexity index is 896. The highest BCUT2D eigenvalue weighted by Gasteiger charge is 2.26. The van der Waals surface area contributed by atoms with Gasteiger partial charge in [0.05, 0.1) is 28.2 Å². The van der Waals surface area contributed by atoms with Crippen LogP contribution in [0.1, 0.15) is 16.2 Å². The van der Waals surface area contributed by atoms with Crippen LogP contribution >= 0.6 is 11.6 Å². The van der Waals surface area contributed by atoms with Gasteiger partial charge >= 0.3 is 0 Å². The van der Waals surface area contributed by atoms with E-state index in [1.165, 1.54) is 18.2 Å². The number of imidazole rings is 1. The molecule has 1 N–H and O–H groups in total. The normalized spacial score (nSPS) is 15.5. The van der Waals surface area contributed by atoms with Crippen molar-refractivity contribution >= 4 is 28.5 Å². The minimum absolute atomic E-state index is 0.0418. The molecule has 134 valence electrons. The molecule has 5 nitrogen and oxygen atoms in total. The van der Waals surface area contributed by atoms with Crippen LogP contribution < -0.4 is 0 Å². The standard InChI is InChI=1S/C19H18ClFN4O/c20-13-4-3-5-14(21)18(13)19(26)25-10-8-24(9-11-25)12-17-22-15-6-1-2-7-16(15)23-17/h1-7H,8-12H2,(H,22,23). The number of hydrogen-bond donors (Lipinski definition) is 1. The van der Waals surface area contributed by atoms with E-state index in [0.717, 1.165) is 16.9 Å². The monoisotopic (exact) mass is 372 g/mol. The number of halogens is 2. The molecule has 1 saturated heterocycles. The number of nitrogens with zero attached hydrogens (tertiary/aromatic N) is 3. The molecule has 1 aliphatic rings. The fourth-order valence-corrected chi connectivity index (χ4v) is 3.51. The van der Waals surface area contributed by atoms with Crippen molar-refractivity contribution < 1.29 is 9.18 Å². The molecule has 2 heterocycles. The van der Waals surface area contributed by atoms with Crippen LogP contribution in [0.25, 0.3) is 11.0 Å². The first kappa shape index (κ1) is 17.0. The van der Waals surface area contributed by atoms with Crippen molar-refractivity contribution in [2.45, 2.75) is 6.54 Å². The van der Waals surface area contributed by atoms with E-state index >= 15 is 0 Å². The average Bonchev–Trinajstić information content (AvgIpc) is 3.04. The lowest BCUT2D eigenvalue weighted by atomic mass is 10.1. The van der Waals surface area contributed by atoms with Gasteiger partial charge in [-0.05, 0) is 24.3 Å². The SMILES string of the molecule is O=C(c1c(F)cccc1Cl)N1CCN(Cc2nc3ccccc3[nH]2)CC1. The van der Waals surface area contributed by atoms with E-state index in [4.69, 9.17) is 11.6 Å². The number of hydrogen-bond acceptors (Lipinski definition) is 3. The van der Waals surface area contributed by atoms with Crippen LogP contribution in [-0.2, 0) is 6.54 Å². The maximum absolute atomic E-state index is 14.0. The molecule has 0 aliphatic carbocycles. The highest BCUT2D eigenvalue weighted by Crippen LogP contribution is 2.22. The molecule has 1 aromatic heterocycles. The van der Waals surface area contributed by atoms with Crippen molar-refractivity contribution in [2.24, 2.45) is 0 Å². The van der Waals surface area contributed by atoms with Crippen molar-refractivity contribution in [3.05, 3.63) is 64.7 Å². The number of carbonyl (C=O) groups excluding carboxylic acids is 1. The van der Waals surface area contributed by atoms with E-state index in [1.807, 2.05) is 24.3 Å². The number of fused-ring (bicyclic) bond motifs is 1. The number of para-hydroxylation sites is 2. The number of aromatic nitrogens is 2. The number of rotatable bonds is 3. The fourth-order valence-electron chi connectivity index (χ4n) is 3.26. The Morgan fingerprint density at radius 1 is 1.12 bits per heavy atom. The van der Waals surface area contributed by atoms with E-state index in [9.17, 15) is 9.18 Å². The molecule has 0 saturated carbocycles. The van der Waals surface area contributed by atoms with Crippen molar-refractivity contribution in [3.63, 3.8) is 0 Å². The third-order valence-electron chi connectivity index (χ3n) is 4.65. The molecule has 1 fully saturated rings. The molecular weight excluding hydrogens is 355 g/mol. The summed E-state index contributed by atoms with van der Waals surface area (Å²) in [7, 11) is 0. The maximum atomic E-state index is 14.0. The van der Waals surface area contributed by atoms with Crippen LogP contribution in [0, 0.1) is 5.82 Å². The highest BCUT2D eigenvalue weighted by atomic mass is 35.5. The lowest BCUT2D eigenvalue weighted by Crippen LogP contribution is -2.48. The number of piperazine rings is 1. The van der Waals surface area contributed by atoms with Gasteiger partial charge in [0.2, 0.25) is 0 Å². The first-order valence-electron chi connectivity index (χ1n) is 8.51. The smallest absolute Gasteiger partial charge is 0.258 e. The molecule has 4 rings (SSSR count). The molecular formula is C19H18ClFN4O. The van der Waals surface area contributed by atoms with Gasteiger partial charge in [0, 0.05) is 26.2 Å². The molecule has 2 aromatic carbocycles. The van der Waals surface area contributed by atoms with Crippen LogP contribution in [0.5, 0.6) is 0 Å². The fraction of sp³-hybridized carbons (Fsp3) is 0.263. The summed E-state index contributed by atoms with van der Waals surface area (Å²) in [6, 6.07) is 12.2. The minimum Gasteiger partial charge on any atom is -0.341 e. The van der Waals surface area contributed by atoms with E-state index in [2.05, 4.69) is 14.9 Å². The zero-order valence-electron chi connectivity index (χ0n) is 14.1. The zero-order chi connectivity index (χ0) is 18.1. The van der Waals surface area contributed by atoms with E-state index in [1.54, 1.807) is 4.90 Å². The Kier molecular flexibility index (Phi) is 4.61. The largest absolute Gasteiger partial charge is 0.341 e. The average molecular weight is 373 g/mol. The van der Waals surface area contributed by atoms with E-state index in [0.29, 0.717) is 32.7 Å². The molecule has 0 unspecified atom stereocenters. The highest BCUT2D eigenvalue weighted by molar-refractivity contribution is 6.33. The van der Waals surface area contributed by atoms with E-state index < -0.39 is 5.82 Å². The summed E-state index contributed by atoms with van der Waals surface area (Å²) in [6.07, 6.45) is 0. The van der Waals surface area contributed by atoms with Crippen LogP contribution in [0.2, 0.25) is 5.02 Å². The molecule has 1 amide bonds. The van der Waals surface area contributed by atoms with E-state index in [-0.39, 0.29) is 16.5 Å². The summed E-state index contributed by atoms with van der Waals surface area (Å²) in [5.74, 6) is -0.0215. The van der Waals surface area contributed by atoms with Gasteiger partial charge in [0.25, 0.3) is 5.91 Å². The Morgan fingerprint density at radius 2 is 1.88 bits per heavy atom. The molecule has 0 bridgehead atoms. The molecule has 7 heteroatoms. The van der Waals surface area contributed by atoms with Crippen molar-refractivity contribution in [1.82, 2.24) is 19.8 Å². The number of H-pyrrole nitrogens is 1. The number of benzene rings is 2. The number of carbonyl (C=O) groups is 1. The molecule has 0 atom stereocenters. The summed E-state index contributed by atoms with van der Waals surface area (Å²) in [5, 5.41) is 0.153. The lowest BCUT2D eigenvalue weighted by molar-refractivity contribution is 0.0621. The molecule has 0 radical (unpaired) electrons. The second-order valence-corrected chi connectivity index (χ2v) is 6.77. The number of aromatic amines is 1. The Hall–Kier alpha value is -2.44. The molecule has 3 aromatic rings. The second-order valence-electron chi connectivity index (χ2n) is 6.37. The zero-order valence-corrected chi connectivity index (χ0v) is 14.8. The van der Waals surface area contributed by atoms with Gasteiger partial charge in [-0.25, -0.2) is 9.37 Å². The van der Waals surface area contributed by atoms with Crippen LogP contribution in [0.4, 0.5) is 4.39 Å². The predicted molar refractivity (Wildman–Crippen MR) is 98.7 cm³/mol. The van der Waals surface area contributed by atoms with Gasteiger partial charge in [0.1, 0.15) is 11.6 Å². The van der Waals surface area contributed by atoms with Crippen molar-refractivity contribution in [3.8, 4) is 0 Å². The molecule has 26 heavy (non-hydrogen) atoms. The first-order chi connectivity index (χ1) is 12.6. The Balaban J connectivity index is 1.40. The molecule has 0 spiro atoms. The quantitative estimate of drug-likeness (QED) is 0.767. The third-order valence-corrected chi connectivity index (χ3v) is 4.96. The Labute approximate surface area is 155 Å². The first-order valence-corrected chi connectivity index (χ1v) is 8.89. The Morgan fingerprint density at radius 3 is 2.62 bits per heavy atom. The summed E-state index contributed by atoms with van der Waals surface area (Å²) in [5.41, 5.74) is 1.93. The number of amides is 1. The van der Waals surface area contributed by atoms with Gasteiger partial charge in [-0.1, -0.05) is 29.8 Å². The van der Waals surface area contributed by atoms with Crippen molar-refractivity contribution in [2.75, 3.05) is 26.2 Å². The summed E-state index contributed by atoms with van der Waals surface area (Å²) >= 11 is 6.01. The van der Waals surface area contributed by atoms with Crippen LogP contribution in [0.3, 0.4) is 0 Å². The van der Waals surface area contributed by atoms with Crippen LogP contribution in [0.15, 0.2) is 42.5 Å².